The number of rotatable bonds is 13. The van der Waals surface area contributed by atoms with Crippen molar-refractivity contribution in [1.29, 1.82) is 0 Å². The van der Waals surface area contributed by atoms with Crippen molar-refractivity contribution in [3.63, 3.8) is 0 Å². The SMILES string of the molecule is C=[N+](CCCCC(N)C(=O)O)C1(C)NC(=NCCCC(N)C(=O)O)NC1C=CC. The Hall–Kier alpha value is -2.46. The summed E-state index contributed by atoms with van der Waals surface area (Å²) < 4.78 is 1.93. The summed E-state index contributed by atoms with van der Waals surface area (Å²) in [6, 6.07) is -1.77. The average molecular weight is 412 g/mol. The van der Waals surface area contributed by atoms with E-state index in [1.54, 1.807) is 0 Å². The molecule has 0 aromatic carbocycles. The van der Waals surface area contributed by atoms with Crippen molar-refractivity contribution < 1.29 is 24.4 Å². The Kier molecular flexibility index (Phi) is 9.76. The average Bonchev–Trinajstić information content (AvgIpc) is 2.98. The molecule has 1 fully saturated rings. The number of unbranched alkanes of at least 4 members (excludes halogenated alkanes) is 1. The molecule has 0 aromatic rings. The molecule has 10 nitrogen and oxygen atoms in total. The Morgan fingerprint density at radius 1 is 1.24 bits per heavy atom. The fourth-order valence-electron chi connectivity index (χ4n) is 3.08. The number of allylic oxidation sites excluding steroid dienone is 1. The summed E-state index contributed by atoms with van der Waals surface area (Å²) in [5.41, 5.74) is 10.5. The van der Waals surface area contributed by atoms with E-state index in [4.69, 9.17) is 21.7 Å². The topological polar surface area (TPSA) is 166 Å². The van der Waals surface area contributed by atoms with Crippen LogP contribution in [0, 0.1) is 0 Å². The highest BCUT2D eigenvalue weighted by Gasteiger charge is 2.48. The summed E-state index contributed by atoms with van der Waals surface area (Å²) in [5.74, 6) is -1.36. The van der Waals surface area contributed by atoms with Gasteiger partial charge in [0.1, 0.15) is 31.4 Å². The third-order valence-corrected chi connectivity index (χ3v) is 5.08. The number of hydrogen-bond acceptors (Lipinski definition) is 5. The van der Waals surface area contributed by atoms with Crippen LogP contribution < -0.4 is 22.1 Å². The molecule has 1 aliphatic rings. The fraction of sp³-hybridized carbons (Fsp3) is 0.684. The standard InChI is InChI=1S/C19H34N6O4/c1-4-8-15-19(2,25(3)12-6-5-9-13(20)16(26)27)24-18(23-15)22-11-7-10-14(21)17(28)29/h4,8,13-15H,3,5-7,9-12,20-21H2,1-2H3,(H3-,22,23,24,26,27,28,29)/p+1. The highest BCUT2D eigenvalue weighted by Crippen LogP contribution is 2.19. The van der Waals surface area contributed by atoms with E-state index in [1.165, 1.54) is 0 Å². The molecule has 0 aromatic heterocycles. The zero-order valence-corrected chi connectivity index (χ0v) is 17.3. The van der Waals surface area contributed by atoms with E-state index >= 15 is 0 Å². The lowest BCUT2D eigenvalue weighted by Gasteiger charge is -2.25. The minimum Gasteiger partial charge on any atom is -0.480 e. The van der Waals surface area contributed by atoms with Crippen LogP contribution in [0.3, 0.4) is 0 Å². The van der Waals surface area contributed by atoms with Crippen LogP contribution in [0.2, 0.25) is 0 Å². The van der Waals surface area contributed by atoms with Crippen LogP contribution in [0.25, 0.3) is 0 Å². The van der Waals surface area contributed by atoms with E-state index in [9.17, 15) is 9.59 Å². The van der Waals surface area contributed by atoms with Crippen LogP contribution in [-0.4, -0.2) is 76.3 Å². The van der Waals surface area contributed by atoms with Gasteiger partial charge in [0, 0.05) is 19.9 Å². The van der Waals surface area contributed by atoms with Crippen LogP contribution in [0.5, 0.6) is 0 Å². The molecule has 0 spiro atoms. The smallest absolute Gasteiger partial charge is 0.320 e. The molecule has 1 heterocycles. The van der Waals surface area contributed by atoms with Crippen molar-refractivity contribution in [1.82, 2.24) is 10.6 Å². The number of carbonyl (C=O) groups is 2. The van der Waals surface area contributed by atoms with Crippen LogP contribution in [0.15, 0.2) is 17.1 Å². The van der Waals surface area contributed by atoms with Gasteiger partial charge in [-0.25, -0.2) is 4.58 Å². The first-order valence-corrected chi connectivity index (χ1v) is 9.88. The minimum absolute atomic E-state index is 0.0636. The zero-order chi connectivity index (χ0) is 22.0. The molecule has 0 amide bonds. The monoisotopic (exact) mass is 411 g/mol. The predicted octanol–water partition coefficient (Wildman–Crippen LogP) is -0.316. The van der Waals surface area contributed by atoms with Gasteiger partial charge in [0.2, 0.25) is 0 Å². The molecule has 1 aliphatic heterocycles. The van der Waals surface area contributed by atoms with Crippen molar-refractivity contribution in [3.8, 4) is 0 Å². The van der Waals surface area contributed by atoms with Gasteiger partial charge in [-0.1, -0.05) is 12.2 Å². The molecule has 8 N–H and O–H groups in total. The van der Waals surface area contributed by atoms with Gasteiger partial charge < -0.3 is 27.0 Å². The van der Waals surface area contributed by atoms with Gasteiger partial charge in [-0.3, -0.25) is 19.9 Å². The van der Waals surface area contributed by atoms with Crippen molar-refractivity contribution in [3.05, 3.63) is 12.2 Å². The number of hydrogen-bond donors (Lipinski definition) is 6. The highest BCUT2D eigenvalue weighted by atomic mass is 16.4. The van der Waals surface area contributed by atoms with E-state index in [-0.39, 0.29) is 6.04 Å². The van der Waals surface area contributed by atoms with E-state index in [0.29, 0.717) is 44.7 Å². The Bertz CT molecular complexity index is 651. The first-order chi connectivity index (χ1) is 13.6. The van der Waals surface area contributed by atoms with Gasteiger partial charge in [-0.15, -0.1) is 0 Å². The lowest BCUT2D eigenvalue weighted by Crippen LogP contribution is -2.55. The maximum atomic E-state index is 10.8. The van der Waals surface area contributed by atoms with E-state index in [0.717, 1.165) is 6.42 Å². The zero-order valence-electron chi connectivity index (χ0n) is 17.3. The lowest BCUT2D eigenvalue weighted by atomic mass is 10.0. The maximum absolute atomic E-state index is 10.8. The predicted molar refractivity (Wildman–Crippen MR) is 112 cm³/mol. The lowest BCUT2D eigenvalue weighted by molar-refractivity contribution is -0.602. The maximum Gasteiger partial charge on any atom is 0.320 e. The molecule has 10 heteroatoms. The number of aliphatic carboxylic acids is 2. The number of nitrogens with one attached hydrogen (secondary N) is 2. The number of nitrogens with zero attached hydrogens (tertiary/aromatic N) is 2. The first-order valence-electron chi connectivity index (χ1n) is 9.88. The van der Waals surface area contributed by atoms with Crippen molar-refractivity contribution in [2.24, 2.45) is 16.5 Å². The van der Waals surface area contributed by atoms with Gasteiger partial charge in [-0.05, 0) is 32.6 Å². The molecule has 29 heavy (non-hydrogen) atoms. The number of carboxylic acid groups (broad SMARTS) is 2. The summed E-state index contributed by atoms with van der Waals surface area (Å²) in [6.07, 6.45) is 6.80. The molecule has 0 saturated carbocycles. The summed E-state index contributed by atoms with van der Waals surface area (Å²) in [6.45, 7) is 9.23. The molecule has 0 bridgehead atoms. The highest BCUT2D eigenvalue weighted by molar-refractivity contribution is 5.83. The molecule has 0 radical (unpaired) electrons. The molecule has 4 atom stereocenters. The minimum atomic E-state index is -1.01. The van der Waals surface area contributed by atoms with Crippen LogP contribution >= 0.6 is 0 Å². The van der Waals surface area contributed by atoms with Gasteiger partial charge >= 0.3 is 11.9 Å². The number of guanidine groups is 1. The van der Waals surface area contributed by atoms with E-state index < -0.39 is 29.7 Å². The van der Waals surface area contributed by atoms with Crippen molar-refractivity contribution in [2.45, 2.75) is 69.7 Å². The van der Waals surface area contributed by atoms with Gasteiger partial charge in [-0.2, -0.15) is 0 Å². The Labute approximate surface area is 171 Å². The van der Waals surface area contributed by atoms with Crippen LogP contribution in [0.4, 0.5) is 0 Å². The summed E-state index contributed by atoms with van der Waals surface area (Å²) in [4.78, 5) is 26.0. The summed E-state index contributed by atoms with van der Waals surface area (Å²) in [5, 5.41) is 24.4. The van der Waals surface area contributed by atoms with Crippen molar-refractivity contribution >= 4 is 24.6 Å². The van der Waals surface area contributed by atoms with Gasteiger partial charge in [0.25, 0.3) is 5.66 Å². The van der Waals surface area contributed by atoms with E-state index in [1.807, 2.05) is 30.6 Å². The molecular formula is C19H35N6O4+. The molecule has 1 rings (SSSR count). The second kappa shape index (κ2) is 11.5. The molecule has 0 aliphatic carbocycles. The second-order valence-corrected chi connectivity index (χ2v) is 7.44. The molecule has 1 saturated heterocycles. The van der Waals surface area contributed by atoms with Crippen molar-refractivity contribution in [2.75, 3.05) is 13.1 Å². The van der Waals surface area contributed by atoms with Crippen LogP contribution in [-0.2, 0) is 9.59 Å². The van der Waals surface area contributed by atoms with Gasteiger partial charge in [0.05, 0.1) is 0 Å². The largest absolute Gasteiger partial charge is 0.480 e. The first kappa shape index (κ1) is 24.6. The molecule has 164 valence electrons. The second-order valence-electron chi connectivity index (χ2n) is 7.44. The third-order valence-electron chi connectivity index (χ3n) is 5.08. The van der Waals surface area contributed by atoms with E-state index in [2.05, 4.69) is 22.3 Å². The quantitative estimate of drug-likeness (QED) is 0.104. The normalized spacial score (nSPS) is 24.8. The third kappa shape index (κ3) is 7.47. The fourth-order valence-corrected chi connectivity index (χ4v) is 3.08. The van der Waals surface area contributed by atoms with Crippen LogP contribution in [0.1, 0.15) is 46.0 Å². The number of aliphatic imine (C=N–C) groups is 1. The number of carboxylic acids is 2. The molecular weight excluding hydrogens is 376 g/mol. The summed E-state index contributed by atoms with van der Waals surface area (Å²) >= 11 is 0. The van der Waals surface area contributed by atoms with Gasteiger partial charge in [0.15, 0.2) is 5.96 Å². The summed E-state index contributed by atoms with van der Waals surface area (Å²) in [7, 11) is 0. The Balaban J connectivity index is 2.61. The molecule has 4 unspecified atom stereocenters. The Morgan fingerprint density at radius 2 is 1.83 bits per heavy atom. The Morgan fingerprint density at radius 3 is 2.38 bits per heavy atom. The number of nitrogens with two attached hydrogens (primary N) is 2.